The fraction of sp³-hybridized carbons (Fsp3) is 0.500. The zero-order valence-corrected chi connectivity index (χ0v) is 17.2. The Balaban J connectivity index is 2.22. The number of aryl methyl sites for hydroxylation is 3. The van der Waals surface area contributed by atoms with E-state index in [-0.39, 0.29) is 12.0 Å². The molecule has 0 spiro atoms. The molecule has 2 rings (SSSR count). The molecule has 2 aromatic rings. The van der Waals surface area contributed by atoms with E-state index in [2.05, 4.69) is 51.7 Å². The number of rotatable bonds is 4. The Morgan fingerprint density at radius 1 is 1.15 bits per heavy atom. The Labute approximate surface area is 156 Å². The van der Waals surface area contributed by atoms with Gasteiger partial charge in [0.05, 0.1) is 6.10 Å². The van der Waals surface area contributed by atoms with Gasteiger partial charge in [-0.15, -0.1) is 0 Å². The lowest BCUT2D eigenvalue weighted by molar-refractivity contribution is 0.0464. The van der Waals surface area contributed by atoms with E-state index in [0.717, 1.165) is 33.5 Å². The van der Waals surface area contributed by atoms with E-state index in [9.17, 15) is 9.90 Å². The third kappa shape index (κ3) is 4.01. The summed E-state index contributed by atoms with van der Waals surface area (Å²) in [5.41, 5.74) is 7.40. The molecule has 0 radical (unpaired) electrons. The minimum Gasteiger partial charge on any atom is -0.456 e. The number of esters is 1. The van der Waals surface area contributed by atoms with Crippen LogP contribution in [0.5, 0.6) is 0 Å². The first-order chi connectivity index (χ1) is 11.9. The van der Waals surface area contributed by atoms with Gasteiger partial charge in [0, 0.05) is 11.3 Å². The molecule has 4 heteroatoms. The van der Waals surface area contributed by atoms with Gasteiger partial charge in [-0.2, -0.15) is 0 Å². The molecule has 0 unspecified atom stereocenters. The second-order valence-corrected chi connectivity index (χ2v) is 8.25. The molecule has 26 heavy (non-hydrogen) atoms. The lowest BCUT2D eigenvalue weighted by Gasteiger charge is -2.22. The van der Waals surface area contributed by atoms with Crippen molar-refractivity contribution in [3.8, 4) is 0 Å². The van der Waals surface area contributed by atoms with Crippen molar-refractivity contribution in [2.45, 2.75) is 73.5 Å². The predicted molar refractivity (Wildman–Crippen MR) is 105 cm³/mol. The Morgan fingerprint density at radius 2 is 1.69 bits per heavy atom. The summed E-state index contributed by atoms with van der Waals surface area (Å²) in [5.74, 6) is -0.392. The number of carbonyl (C=O) groups excluding carboxylic acids is 1. The predicted octanol–water partition coefficient (Wildman–Crippen LogP) is 4.96. The lowest BCUT2D eigenvalue weighted by Crippen LogP contribution is -2.14. The van der Waals surface area contributed by atoms with Crippen LogP contribution in [-0.2, 0) is 16.8 Å². The molecule has 2 N–H and O–H groups in total. The second kappa shape index (κ2) is 7.28. The molecule has 0 saturated heterocycles. The standard InChI is InChI=1S/C22H31NO3/c1-12-9-17(22(6,7)8)10-13(2)18(12)11-26-21(25)20-14(3)19(16(5)24)15(4)23-20/h9-10,16,23-24H,11H2,1-8H3/t16-/m1/s1. The second-order valence-electron chi connectivity index (χ2n) is 8.25. The summed E-state index contributed by atoms with van der Waals surface area (Å²) >= 11 is 0. The van der Waals surface area contributed by atoms with Gasteiger partial charge in [-0.3, -0.25) is 0 Å². The molecule has 1 aromatic carbocycles. The van der Waals surface area contributed by atoms with Gasteiger partial charge in [-0.25, -0.2) is 4.79 Å². The number of hydrogen-bond donors (Lipinski definition) is 2. The average molecular weight is 357 g/mol. The van der Waals surface area contributed by atoms with E-state index < -0.39 is 12.1 Å². The van der Waals surface area contributed by atoms with Gasteiger partial charge in [0.2, 0.25) is 0 Å². The van der Waals surface area contributed by atoms with Crippen molar-refractivity contribution in [3.05, 3.63) is 56.9 Å². The number of benzene rings is 1. The molecule has 0 bridgehead atoms. The van der Waals surface area contributed by atoms with Crippen LogP contribution in [0.3, 0.4) is 0 Å². The van der Waals surface area contributed by atoms with Gasteiger partial charge >= 0.3 is 5.97 Å². The third-order valence-corrected chi connectivity index (χ3v) is 5.03. The van der Waals surface area contributed by atoms with Crippen molar-refractivity contribution in [2.24, 2.45) is 0 Å². The van der Waals surface area contributed by atoms with Crippen LogP contribution in [0.4, 0.5) is 0 Å². The van der Waals surface area contributed by atoms with Crippen molar-refractivity contribution >= 4 is 5.97 Å². The van der Waals surface area contributed by atoms with Crippen LogP contribution >= 0.6 is 0 Å². The van der Waals surface area contributed by atoms with Crippen molar-refractivity contribution < 1.29 is 14.6 Å². The van der Waals surface area contributed by atoms with E-state index in [1.807, 2.05) is 13.8 Å². The Morgan fingerprint density at radius 3 is 2.12 bits per heavy atom. The van der Waals surface area contributed by atoms with Gasteiger partial charge < -0.3 is 14.8 Å². The summed E-state index contributed by atoms with van der Waals surface area (Å²) in [5, 5.41) is 9.88. The van der Waals surface area contributed by atoms with E-state index in [0.29, 0.717) is 5.69 Å². The van der Waals surface area contributed by atoms with Gasteiger partial charge in [-0.05, 0) is 67.9 Å². The molecule has 0 amide bonds. The number of ether oxygens (including phenoxy) is 1. The van der Waals surface area contributed by atoms with Gasteiger partial charge in [0.1, 0.15) is 12.3 Å². The van der Waals surface area contributed by atoms with Crippen LogP contribution in [-0.4, -0.2) is 16.1 Å². The molecule has 0 aliphatic heterocycles. The molecular weight excluding hydrogens is 326 g/mol. The van der Waals surface area contributed by atoms with Crippen molar-refractivity contribution in [3.63, 3.8) is 0 Å². The van der Waals surface area contributed by atoms with Crippen LogP contribution in [0.25, 0.3) is 0 Å². The molecular formula is C22H31NO3. The van der Waals surface area contributed by atoms with Crippen molar-refractivity contribution in [1.29, 1.82) is 0 Å². The molecule has 0 aliphatic rings. The number of aromatic nitrogens is 1. The van der Waals surface area contributed by atoms with Crippen LogP contribution < -0.4 is 0 Å². The van der Waals surface area contributed by atoms with Crippen LogP contribution in [0, 0.1) is 27.7 Å². The highest BCUT2D eigenvalue weighted by Gasteiger charge is 2.22. The SMILES string of the molecule is Cc1cc(C(C)(C)C)cc(C)c1COC(=O)c1[nH]c(C)c([C@@H](C)O)c1C. The minimum atomic E-state index is -0.623. The number of nitrogens with one attached hydrogen (secondary N) is 1. The van der Waals surface area contributed by atoms with Crippen molar-refractivity contribution in [1.82, 2.24) is 4.98 Å². The fourth-order valence-electron chi connectivity index (χ4n) is 3.46. The monoisotopic (exact) mass is 357 g/mol. The van der Waals surface area contributed by atoms with Crippen LogP contribution in [0.1, 0.15) is 83.4 Å². The smallest absolute Gasteiger partial charge is 0.355 e. The molecule has 4 nitrogen and oxygen atoms in total. The summed E-state index contributed by atoms with van der Waals surface area (Å²) in [7, 11) is 0. The van der Waals surface area contributed by atoms with E-state index in [1.54, 1.807) is 6.92 Å². The maximum absolute atomic E-state index is 12.5. The first-order valence-corrected chi connectivity index (χ1v) is 9.08. The van der Waals surface area contributed by atoms with Gasteiger partial charge in [0.25, 0.3) is 0 Å². The molecule has 142 valence electrons. The van der Waals surface area contributed by atoms with Gasteiger partial charge in [-0.1, -0.05) is 32.9 Å². The molecule has 0 aliphatic carbocycles. The normalized spacial score (nSPS) is 13.0. The topological polar surface area (TPSA) is 62.3 Å². The zero-order valence-electron chi connectivity index (χ0n) is 17.2. The summed E-state index contributed by atoms with van der Waals surface area (Å²) < 4.78 is 5.58. The van der Waals surface area contributed by atoms with Crippen LogP contribution in [0.15, 0.2) is 12.1 Å². The highest BCUT2D eigenvalue weighted by atomic mass is 16.5. The Hall–Kier alpha value is -2.07. The highest BCUT2D eigenvalue weighted by molar-refractivity contribution is 5.89. The summed E-state index contributed by atoms with van der Waals surface area (Å²) in [6, 6.07) is 4.34. The maximum atomic E-state index is 12.5. The Bertz CT molecular complexity index is 800. The first-order valence-electron chi connectivity index (χ1n) is 9.08. The van der Waals surface area contributed by atoms with E-state index >= 15 is 0 Å². The number of aliphatic hydroxyl groups is 1. The van der Waals surface area contributed by atoms with Crippen LogP contribution in [0.2, 0.25) is 0 Å². The summed E-state index contributed by atoms with van der Waals surface area (Å²) in [4.78, 5) is 15.6. The third-order valence-electron chi connectivity index (χ3n) is 5.03. The fourth-order valence-corrected chi connectivity index (χ4v) is 3.46. The number of H-pyrrole nitrogens is 1. The lowest BCUT2D eigenvalue weighted by atomic mass is 9.84. The van der Waals surface area contributed by atoms with Gasteiger partial charge in [0.15, 0.2) is 0 Å². The average Bonchev–Trinajstić information content (AvgIpc) is 2.80. The van der Waals surface area contributed by atoms with E-state index in [4.69, 9.17) is 4.74 Å². The largest absolute Gasteiger partial charge is 0.456 e. The molecule has 1 atom stereocenters. The molecule has 0 saturated carbocycles. The van der Waals surface area contributed by atoms with Crippen molar-refractivity contribution in [2.75, 3.05) is 0 Å². The number of aliphatic hydroxyl groups excluding tert-OH is 1. The number of hydrogen-bond acceptors (Lipinski definition) is 3. The highest BCUT2D eigenvalue weighted by Crippen LogP contribution is 2.28. The maximum Gasteiger partial charge on any atom is 0.355 e. The first kappa shape index (κ1) is 20.2. The molecule has 1 aromatic heterocycles. The number of aromatic amines is 1. The quantitative estimate of drug-likeness (QED) is 0.761. The minimum absolute atomic E-state index is 0.0843. The molecule has 1 heterocycles. The molecule has 0 fully saturated rings. The zero-order chi connectivity index (χ0) is 19.8. The summed E-state index contributed by atoms with van der Waals surface area (Å²) in [6.07, 6.45) is -0.623. The Kier molecular flexibility index (Phi) is 5.67. The number of carbonyl (C=O) groups is 1. The summed E-state index contributed by atoms with van der Waals surface area (Å²) in [6.45, 7) is 16.3. The van der Waals surface area contributed by atoms with E-state index in [1.165, 1.54) is 5.56 Å².